The van der Waals surface area contributed by atoms with Crippen LogP contribution >= 0.6 is 0 Å². The number of anilines is 1. The predicted molar refractivity (Wildman–Crippen MR) is 93.1 cm³/mol. The Balaban J connectivity index is 2.14. The number of furan rings is 1. The van der Waals surface area contributed by atoms with Gasteiger partial charge in [-0.25, -0.2) is 4.79 Å². The van der Waals surface area contributed by atoms with Crippen molar-refractivity contribution in [3.8, 4) is 0 Å². The summed E-state index contributed by atoms with van der Waals surface area (Å²) in [6.07, 6.45) is 1.71. The molecule has 0 fully saturated rings. The molecule has 0 radical (unpaired) electrons. The quantitative estimate of drug-likeness (QED) is 0.891. The molecule has 6 nitrogen and oxygen atoms in total. The van der Waals surface area contributed by atoms with E-state index in [1.807, 2.05) is 45.9 Å². The summed E-state index contributed by atoms with van der Waals surface area (Å²) in [4.78, 5) is 23.2. The maximum Gasteiger partial charge on any atom is 0.407 e. The lowest BCUT2D eigenvalue weighted by molar-refractivity contribution is -0.114. The van der Waals surface area contributed by atoms with Gasteiger partial charge in [0.05, 0.1) is 6.26 Å². The van der Waals surface area contributed by atoms with Gasteiger partial charge in [0.1, 0.15) is 11.2 Å². The molecule has 0 spiro atoms. The van der Waals surface area contributed by atoms with Crippen LogP contribution in [0.5, 0.6) is 0 Å². The third-order valence-electron chi connectivity index (χ3n) is 3.24. The molecule has 1 heterocycles. The Morgan fingerprint density at radius 1 is 1.29 bits per heavy atom. The first-order valence-corrected chi connectivity index (χ1v) is 7.91. The van der Waals surface area contributed by atoms with Crippen molar-refractivity contribution in [3.05, 3.63) is 30.0 Å². The molecule has 2 aromatic rings. The SMILES string of the molecule is CC(=O)Nc1cc(CC(C)NC(=O)OC(C)(C)C)c2occc2c1. The number of hydrogen-bond donors (Lipinski definition) is 2. The standard InChI is InChI=1S/C18H24N2O4/c1-11(19-17(22)24-18(3,4)5)8-14-10-15(20-12(2)21)9-13-6-7-23-16(13)14/h6-7,9-11H,8H2,1-5H3,(H,19,22)(H,20,21). The fourth-order valence-corrected chi connectivity index (χ4v) is 2.47. The van der Waals surface area contributed by atoms with E-state index in [0.717, 1.165) is 16.5 Å². The number of nitrogens with one attached hydrogen (secondary N) is 2. The predicted octanol–water partition coefficient (Wildman–Crippen LogP) is 3.85. The molecule has 24 heavy (non-hydrogen) atoms. The largest absolute Gasteiger partial charge is 0.464 e. The Labute approximate surface area is 141 Å². The molecule has 1 aromatic heterocycles. The lowest BCUT2D eigenvalue weighted by Crippen LogP contribution is -2.38. The van der Waals surface area contributed by atoms with E-state index in [0.29, 0.717) is 12.1 Å². The van der Waals surface area contributed by atoms with Gasteiger partial charge < -0.3 is 19.8 Å². The van der Waals surface area contributed by atoms with E-state index in [1.54, 1.807) is 6.26 Å². The van der Waals surface area contributed by atoms with Gasteiger partial charge in [0.15, 0.2) is 0 Å². The van der Waals surface area contributed by atoms with Gasteiger partial charge in [-0.15, -0.1) is 0 Å². The molecular weight excluding hydrogens is 308 g/mol. The van der Waals surface area contributed by atoms with Crippen LogP contribution in [0.25, 0.3) is 11.0 Å². The molecule has 6 heteroatoms. The molecule has 0 saturated carbocycles. The maximum absolute atomic E-state index is 11.9. The summed E-state index contributed by atoms with van der Waals surface area (Å²) in [7, 11) is 0. The zero-order chi connectivity index (χ0) is 17.9. The van der Waals surface area contributed by atoms with Crippen LogP contribution in [-0.4, -0.2) is 23.6 Å². The van der Waals surface area contributed by atoms with E-state index in [9.17, 15) is 9.59 Å². The van der Waals surface area contributed by atoms with Crippen molar-refractivity contribution in [2.45, 2.75) is 52.7 Å². The van der Waals surface area contributed by atoms with E-state index in [1.165, 1.54) is 6.92 Å². The summed E-state index contributed by atoms with van der Waals surface area (Å²) in [6.45, 7) is 8.82. The molecule has 1 aromatic carbocycles. The van der Waals surface area contributed by atoms with E-state index >= 15 is 0 Å². The average molecular weight is 332 g/mol. The maximum atomic E-state index is 11.9. The molecule has 0 saturated heterocycles. The normalized spacial score (nSPS) is 12.7. The lowest BCUT2D eigenvalue weighted by Gasteiger charge is -2.22. The number of carbonyl (C=O) groups excluding carboxylic acids is 2. The topological polar surface area (TPSA) is 80.6 Å². The molecule has 130 valence electrons. The summed E-state index contributed by atoms with van der Waals surface area (Å²) >= 11 is 0. The van der Waals surface area contributed by atoms with Crippen LogP contribution in [0.1, 0.15) is 40.2 Å². The van der Waals surface area contributed by atoms with Crippen molar-refractivity contribution in [2.75, 3.05) is 5.32 Å². The molecule has 0 bridgehead atoms. The van der Waals surface area contributed by atoms with Gasteiger partial charge in [0.25, 0.3) is 0 Å². The summed E-state index contributed by atoms with van der Waals surface area (Å²) in [5.74, 6) is -0.135. The van der Waals surface area contributed by atoms with Gasteiger partial charge in [-0.1, -0.05) is 0 Å². The second-order valence-electron chi connectivity index (χ2n) is 6.91. The zero-order valence-electron chi connectivity index (χ0n) is 14.7. The van der Waals surface area contributed by atoms with Crippen molar-refractivity contribution in [2.24, 2.45) is 0 Å². The number of ether oxygens (including phenoxy) is 1. The zero-order valence-corrected chi connectivity index (χ0v) is 14.7. The van der Waals surface area contributed by atoms with Crippen molar-refractivity contribution >= 4 is 28.7 Å². The molecular formula is C18H24N2O4. The third-order valence-corrected chi connectivity index (χ3v) is 3.24. The van der Waals surface area contributed by atoms with Crippen LogP contribution in [-0.2, 0) is 16.0 Å². The van der Waals surface area contributed by atoms with Gasteiger partial charge in [-0.2, -0.15) is 0 Å². The number of benzene rings is 1. The van der Waals surface area contributed by atoms with Crippen molar-refractivity contribution in [1.82, 2.24) is 5.32 Å². The molecule has 0 aliphatic heterocycles. The molecule has 1 unspecified atom stereocenters. The minimum atomic E-state index is -0.538. The Morgan fingerprint density at radius 2 is 2.00 bits per heavy atom. The Hall–Kier alpha value is -2.50. The van der Waals surface area contributed by atoms with Crippen molar-refractivity contribution in [3.63, 3.8) is 0 Å². The summed E-state index contributed by atoms with van der Waals surface area (Å²) < 4.78 is 10.8. The fourth-order valence-electron chi connectivity index (χ4n) is 2.47. The highest BCUT2D eigenvalue weighted by Gasteiger charge is 2.19. The minimum absolute atomic E-state index is 0.135. The number of alkyl carbamates (subject to hydrolysis) is 1. The number of rotatable bonds is 4. The minimum Gasteiger partial charge on any atom is -0.464 e. The first kappa shape index (κ1) is 17.8. The van der Waals surface area contributed by atoms with Gasteiger partial charge >= 0.3 is 6.09 Å². The van der Waals surface area contributed by atoms with Crippen molar-refractivity contribution in [1.29, 1.82) is 0 Å². The van der Waals surface area contributed by atoms with Crippen LogP contribution in [0, 0.1) is 0 Å². The van der Waals surface area contributed by atoms with E-state index in [4.69, 9.17) is 9.15 Å². The second kappa shape index (κ2) is 6.95. The van der Waals surface area contributed by atoms with Gasteiger partial charge in [-0.05, 0) is 57.9 Å². The number of hydrogen-bond acceptors (Lipinski definition) is 4. The fraction of sp³-hybridized carbons (Fsp3) is 0.444. The molecule has 2 amide bonds. The molecule has 2 rings (SSSR count). The summed E-state index contributed by atoms with van der Waals surface area (Å²) in [5, 5.41) is 6.49. The number of fused-ring (bicyclic) bond motifs is 1. The monoisotopic (exact) mass is 332 g/mol. The van der Waals surface area contributed by atoms with E-state index < -0.39 is 11.7 Å². The van der Waals surface area contributed by atoms with Crippen LogP contribution in [0.15, 0.2) is 28.9 Å². The van der Waals surface area contributed by atoms with Crippen molar-refractivity contribution < 1.29 is 18.7 Å². The molecule has 2 N–H and O–H groups in total. The van der Waals surface area contributed by atoms with Crippen LogP contribution in [0.4, 0.5) is 10.5 Å². The molecule has 1 atom stereocenters. The highest BCUT2D eigenvalue weighted by atomic mass is 16.6. The van der Waals surface area contributed by atoms with E-state index in [-0.39, 0.29) is 11.9 Å². The Morgan fingerprint density at radius 3 is 2.62 bits per heavy atom. The first-order chi connectivity index (χ1) is 11.1. The third kappa shape index (κ3) is 5.01. The van der Waals surface area contributed by atoms with Gasteiger partial charge in [0.2, 0.25) is 5.91 Å². The number of amides is 2. The van der Waals surface area contributed by atoms with Gasteiger partial charge in [-0.3, -0.25) is 4.79 Å². The highest BCUT2D eigenvalue weighted by Crippen LogP contribution is 2.26. The molecule has 0 aliphatic carbocycles. The van der Waals surface area contributed by atoms with E-state index in [2.05, 4.69) is 10.6 Å². The van der Waals surface area contributed by atoms with Crippen LogP contribution in [0.2, 0.25) is 0 Å². The average Bonchev–Trinajstić information content (AvgIpc) is 2.83. The van der Waals surface area contributed by atoms with Crippen LogP contribution < -0.4 is 10.6 Å². The number of carbonyl (C=O) groups is 2. The molecule has 0 aliphatic rings. The first-order valence-electron chi connectivity index (χ1n) is 7.91. The van der Waals surface area contributed by atoms with Crippen LogP contribution in [0.3, 0.4) is 0 Å². The highest BCUT2D eigenvalue weighted by molar-refractivity contribution is 5.93. The Bertz CT molecular complexity index is 743. The lowest BCUT2D eigenvalue weighted by atomic mass is 10.0. The smallest absolute Gasteiger partial charge is 0.407 e. The van der Waals surface area contributed by atoms with Gasteiger partial charge in [0, 0.05) is 24.0 Å². The second-order valence-corrected chi connectivity index (χ2v) is 6.91. The summed E-state index contributed by atoms with van der Waals surface area (Å²) in [6, 6.07) is 5.41. The summed E-state index contributed by atoms with van der Waals surface area (Å²) in [5.41, 5.74) is 1.83. The Kier molecular flexibility index (Phi) is 5.17.